The van der Waals surface area contributed by atoms with Crippen LogP contribution in [-0.4, -0.2) is 12.6 Å². The van der Waals surface area contributed by atoms with E-state index >= 15 is 0 Å². The number of nitrogen functional groups attached to an aromatic ring is 1. The molecule has 0 unspecified atom stereocenters. The lowest BCUT2D eigenvalue weighted by Gasteiger charge is -2.00. The van der Waals surface area contributed by atoms with Gasteiger partial charge in [0.1, 0.15) is 0 Å². The first-order valence-corrected chi connectivity index (χ1v) is 3.76. The van der Waals surface area contributed by atoms with E-state index in [-0.39, 0.29) is 18.4 Å². The lowest BCUT2D eigenvalue weighted by Crippen LogP contribution is -2.04. The smallest absolute Gasteiger partial charge is 0.338 e. The van der Waals surface area contributed by atoms with E-state index in [9.17, 15) is 4.79 Å². The monoisotopic (exact) mass is 201 g/mol. The maximum atomic E-state index is 11.1. The second kappa shape index (κ2) is 5.43. The van der Waals surface area contributed by atoms with Crippen molar-refractivity contribution in [3.8, 4) is 0 Å². The first kappa shape index (κ1) is 11.8. The van der Waals surface area contributed by atoms with Crippen LogP contribution in [0.2, 0.25) is 0 Å². The van der Waals surface area contributed by atoms with Crippen molar-refractivity contribution in [3.05, 3.63) is 29.8 Å². The van der Waals surface area contributed by atoms with E-state index < -0.39 is 0 Å². The second-order valence-corrected chi connectivity index (χ2v) is 2.34. The van der Waals surface area contributed by atoms with Crippen molar-refractivity contribution in [2.75, 3.05) is 12.3 Å². The van der Waals surface area contributed by atoms with Gasteiger partial charge in [0, 0.05) is 5.69 Å². The molecule has 0 aliphatic carbocycles. The van der Waals surface area contributed by atoms with Gasteiger partial charge in [-0.3, -0.25) is 0 Å². The summed E-state index contributed by atoms with van der Waals surface area (Å²) in [5, 5.41) is 0. The topological polar surface area (TPSA) is 52.3 Å². The lowest BCUT2D eigenvalue weighted by atomic mass is 10.2. The summed E-state index contributed by atoms with van der Waals surface area (Å²) in [5.74, 6) is -0.308. The average molecular weight is 202 g/mol. The fourth-order valence-electron chi connectivity index (χ4n) is 0.834. The third-order valence-corrected chi connectivity index (χ3v) is 1.42. The van der Waals surface area contributed by atoms with Gasteiger partial charge in [-0.15, -0.1) is 12.4 Å². The number of ether oxygens (including phenoxy) is 1. The number of hydrogen-bond acceptors (Lipinski definition) is 3. The average Bonchev–Trinajstić information content (AvgIpc) is 2.06. The number of nitrogens with two attached hydrogens (primary N) is 1. The van der Waals surface area contributed by atoms with Gasteiger partial charge in [-0.05, 0) is 31.2 Å². The number of rotatable bonds is 2. The zero-order valence-electron chi connectivity index (χ0n) is 7.32. The van der Waals surface area contributed by atoms with E-state index in [1.165, 1.54) is 0 Å². The predicted molar refractivity (Wildman–Crippen MR) is 54.1 cm³/mol. The Bertz CT molecular complexity index is 271. The Morgan fingerprint density at radius 3 is 2.38 bits per heavy atom. The van der Waals surface area contributed by atoms with E-state index in [0.29, 0.717) is 17.9 Å². The molecule has 0 aromatic heterocycles. The van der Waals surface area contributed by atoms with E-state index in [1.807, 2.05) is 0 Å². The maximum absolute atomic E-state index is 11.1. The Labute approximate surface area is 83.3 Å². The van der Waals surface area contributed by atoms with Crippen molar-refractivity contribution in [3.63, 3.8) is 0 Å². The molecule has 0 radical (unpaired) electrons. The molecule has 0 fully saturated rings. The second-order valence-electron chi connectivity index (χ2n) is 2.34. The van der Waals surface area contributed by atoms with Crippen molar-refractivity contribution in [1.29, 1.82) is 0 Å². The molecular formula is C9H12ClNO2. The zero-order valence-corrected chi connectivity index (χ0v) is 8.14. The fraction of sp³-hybridized carbons (Fsp3) is 0.222. The maximum Gasteiger partial charge on any atom is 0.338 e. The highest BCUT2D eigenvalue weighted by atomic mass is 35.5. The number of carbonyl (C=O) groups excluding carboxylic acids is 1. The van der Waals surface area contributed by atoms with Gasteiger partial charge >= 0.3 is 5.97 Å². The molecule has 3 nitrogen and oxygen atoms in total. The van der Waals surface area contributed by atoms with Gasteiger partial charge in [-0.1, -0.05) is 0 Å². The molecule has 1 rings (SSSR count). The third-order valence-electron chi connectivity index (χ3n) is 1.42. The molecule has 2 N–H and O–H groups in total. The molecule has 1 aromatic carbocycles. The molecule has 0 heterocycles. The number of anilines is 1. The minimum Gasteiger partial charge on any atom is -0.462 e. The Balaban J connectivity index is 0.00000144. The van der Waals surface area contributed by atoms with Crippen LogP contribution >= 0.6 is 12.4 Å². The highest BCUT2D eigenvalue weighted by Crippen LogP contribution is 2.06. The number of halogens is 1. The summed E-state index contributed by atoms with van der Waals surface area (Å²) >= 11 is 0. The molecule has 72 valence electrons. The van der Waals surface area contributed by atoms with E-state index in [0.717, 1.165) is 0 Å². The quantitative estimate of drug-likeness (QED) is 0.587. The summed E-state index contributed by atoms with van der Waals surface area (Å²) in [7, 11) is 0. The van der Waals surface area contributed by atoms with Crippen LogP contribution in [0.15, 0.2) is 24.3 Å². The fourth-order valence-corrected chi connectivity index (χ4v) is 0.834. The Kier molecular flexibility index (Phi) is 4.92. The van der Waals surface area contributed by atoms with Crippen molar-refractivity contribution in [2.45, 2.75) is 6.92 Å². The molecule has 0 saturated heterocycles. The predicted octanol–water partition coefficient (Wildman–Crippen LogP) is 1.87. The van der Waals surface area contributed by atoms with Crippen LogP contribution in [0.1, 0.15) is 17.3 Å². The molecule has 0 aliphatic heterocycles. The van der Waals surface area contributed by atoms with Gasteiger partial charge in [0.2, 0.25) is 0 Å². The van der Waals surface area contributed by atoms with Gasteiger partial charge in [0.05, 0.1) is 12.2 Å². The number of carbonyl (C=O) groups is 1. The number of esters is 1. The van der Waals surface area contributed by atoms with Crippen LogP contribution in [0.5, 0.6) is 0 Å². The van der Waals surface area contributed by atoms with E-state index in [2.05, 4.69) is 0 Å². The van der Waals surface area contributed by atoms with E-state index in [1.54, 1.807) is 31.2 Å². The van der Waals surface area contributed by atoms with Crippen LogP contribution in [-0.2, 0) is 4.74 Å². The Hall–Kier alpha value is -1.22. The number of hydrogen-bond donors (Lipinski definition) is 1. The van der Waals surface area contributed by atoms with Gasteiger partial charge in [-0.2, -0.15) is 0 Å². The highest BCUT2D eigenvalue weighted by Gasteiger charge is 2.03. The molecule has 0 saturated carbocycles. The summed E-state index contributed by atoms with van der Waals surface area (Å²) in [5.41, 5.74) is 6.62. The Morgan fingerprint density at radius 1 is 1.38 bits per heavy atom. The molecule has 0 amide bonds. The van der Waals surface area contributed by atoms with Gasteiger partial charge < -0.3 is 10.5 Å². The van der Waals surface area contributed by atoms with Crippen molar-refractivity contribution < 1.29 is 9.53 Å². The first-order valence-electron chi connectivity index (χ1n) is 3.76. The molecule has 13 heavy (non-hydrogen) atoms. The van der Waals surface area contributed by atoms with Gasteiger partial charge in [0.15, 0.2) is 0 Å². The van der Waals surface area contributed by atoms with Crippen LogP contribution in [0.4, 0.5) is 5.69 Å². The normalized spacial score (nSPS) is 8.69. The van der Waals surface area contributed by atoms with Crippen molar-refractivity contribution in [1.82, 2.24) is 0 Å². The number of benzene rings is 1. The van der Waals surface area contributed by atoms with Crippen LogP contribution in [0, 0.1) is 0 Å². The molecule has 0 bridgehead atoms. The summed E-state index contributed by atoms with van der Waals surface area (Å²) in [4.78, 5) is 11.1. The Morgan fingerprint density at radius 2 is 1.92 bits per heavy atom. The third kappa shape index (κ3) is 3.34. The summed E-state index contributed by atoms with van der Waals surface area (Å²) in [6.45, 7) is 2.17. The summed E-state index contributed by atoms with van der Waals surface area (Å²) < 4.78 is 4.79. The van der Waals surface area contributed by atoms with Crippen molar-refractivity contribution in [2.24, 2.45) is 0 Å². The standard InChI is InChI=1S/C9H11NO2.ClH/c1-2-12-9(11)7-3-5-8(10)6-4-7;/h3-6H,2,10H2,1H3;1H. The molecule has 4 heteroatoms. The van der Waals surface area contributed by atoms with Gasteiger partial charge in [-0.25, -0.2) is 4.79 Å². The molecule has 0 aliphatic rings. The minimum absolute atomic E-state index is 0. The van der Waals surface area contributed by atoms with Crippen molar-refractivity contribution >= 4 is 24.1 Å². The van der Waals surface area contributed by atoms with Crippen LogP contribution in [0.25, 0.3) is 0 Å². The molecule has 0 atom stereocenters. The summed E-state index contributed by atoms with van der Waals surface area (Å²) in [6.07, 6.45) is 0. The summed E-state index contributed by atoms with van der Waals surface area (Å²) in [6, 6.07) is 6.64. The molecule has 1 aromatic rings. The minimum atomic E-state index is -0.308. The van der Waals surface area contributed by atoms with Gasteiger partial charge in [0.25, 0.3) is 0 Å². The molecule has 0 spiro atoms. The lowest BCUT2D eigenvalue weighted by molar-refractivity contribution is 0.0526. The highest BCUT2D eigenvalue weighted by molar-refractivity contribution is 5.89. The first-order chi connectivity index (χ1) is 5.74. The van der Waals surface area contributed by atoms with Crippen LogP contribution in [0.3, 0.4) is 0 Å². The van der Waals surface area contributed by atoms with E-state index in [4.69, 9.17) is 10.5 Å². The largest absolute Gasteiger partial charge is 0.462 e. The zero-order chi connectivity index (χ0) is 8.97. The molecular weight excluding hydrogens is 190 g/mol. The SMILES string of the molecule is CCOC(=O)c1ccc(N)cc1.Cl. The van der Waals surface area contributed by atoms with Crippen LogP contribution < -0.4 is 5.73 Å².